The molecule has 0 saturated heterocycles. The van der Waals surface area contributed by atoms with Gasteiger partial charge in [0.15, 0.2) is 0 Å². The lowest BCUT2D eigenvalue weighted by molar-refractivity contribution is -0.137. The first-order valence-electron chi connectivity index (χ1n) is 8.23. The van der Waals surface area contributed by atoms with Crippen LogP contribution >= 0.6 is 11.6 Å². The van der Waals surface area contributed by atoms with Crippen LogP contribution in [0.2, 0.25) is 5.02 Å². The summed E-state index contributed by atoms with van der Waals surface area (Å²) in [6, 6.07) is 7.67. The molecule has 23 heavy (non-hydrogen) atoms. The Morgan fingerprint density at radius 1 is 1.35 bits per heavy atom. The second-order valence-electron chi connectivity index (χ2n) is 5.87. The lowest BCUT2D eigenvalue weighted by atomic mass is 9.74. The Kier molecular flexibility index (Phi) is 6.85. The van der Waals surface area contributed by atoms with Crippen LogP contribution in [-0.2, 0) is 14.3 Å². The van der Waals surface area contributed by atoms with E-state index < -0.39 is 0 Å². The van der Waals surface area contributed by atoms with Crippen molar-refractivity contribution >= 4 is 23.4 Å². The van der Waals surface area contributed by atoms with Gasteiger partial charge in [0.25, 0.3) is 0 Å². The number of carbonyl (C=O) groups is 2. The van der Waals surface area contributed by atoms with E-state index in [2.05, 4.69) is 0 Å². The van der Waals surface area contributed by atoms with Crippen molar-refractivity contribution < 1.29 is 14.3 Å². The molecule has 1 aromatic rings. The van der Waals surface area contributed by atoms with Gasteiger partial charge in [-0.15, -0.1) is 0 Å². The molecule has 1 aromatic carbocycles. The molecule has 0 radical (unpaired) electrons. The maximum atomic E-state index is 12.3. The van der Waals surface area contributed by atoms with Crippen LogP contribution in [0, 0.1) is 5.92 Å². The van der Waals surface area contributed by atoms with E-state index in [0.29, 0.717) is 30.3 Å². The summed E-state index contributed by atoms with van der Waals surface area (Å²) in [5, 5.41) is 0.685. The minimum absolute atomic E-state index is 0.0248. The van der Waals surface area contributed by atoms with Crippen molar-refractivity contribution in [2.75, 3.05) is 6.61 Å². The van der Waals surface area contributed by atoms with Crippen molar-refractivity contribution in [2.24, 2.45) is 5.92 Å². The number of ether oxygens (including phenoxy) is 1. The number of ketones is 1. The Hall–Kier alpha value is -1.61. The molecule has 0 unspecified atom stereocenters. The van der Waals surface area contributed by atoms with Crippen molar-refractivity contribution in [2.45, 2.75) is 44.9 Å². The number of carbonyl (C=O) groups excluding carboxylic acids is 2. The molecule has 0 amide bonds. The van der Waals surface area contributed by atoms with Crippen molar-refractivity contribution in [3.05, 3.63) is 47.0 Å². The zero-order valence-corrected chi connectivity index (χ0v) is 14.2. The first-order chi connectivity index (χ1) is 11.1. The van der Waals surface area contributed by atoms with Gasteiger partial charge in [-0.05, 0) is 49.8 Å². The van der Waals surface area contributed by atoms with Gasteiger partial charge >= 0.3 is 5.97 Å². The summed E-state index contributed by atoms with van der Waals surface area (Å²) < 4.78 is 4.90. The molecule has 4 heteroatoms. The average Bonchev–Trinajstić information content (AvgIpc) is 2.54. The first kappa shape index (κ1) is 17.7. The smallest absolute Gasteiger partial charge is 0.330 e. The van der Waals surface area contributed by atoms with Crippen LogP contribution in [0.15, 0.2) is 36.4 Å². The molecule has 2 atom stereocenters. The van der Waals surface area contributed by atoms with Crippen molar-refractivity contribution in [3.63, 3.8) is 0 Å². The van der Waals surface area contributed by atoms with E-state index in [0.717, 1.165) is 24.8 Å². The molecule has 2 rings (SSSR count). The van der Waals surface area contributed by atoms with E-state index in [4.69, 9.17) is 16.3 Å². The Morgan fingerprint density at radius 3 is 2.74 bits per heavy atom. The molecule has 1 aliphatic rings. The number of hydrogen-bond acceptors (Lipinski definition) is 3. The molecular formula is C19H23ClO3. The molecule has 0 aliphatic heterocycles. The molecule has 3 nitrogen and oxygen atoms in total. The van der Waals surface area contributed by atoms with Gasteiger partial charge < -0.3 is 4.74 Å². The standard InChI is InChI=1S/C19H23ClO3/c1-2-23-19(22)9-5-7-16(14-10-12-15(20)13-11-14)17-6-3-4-8-18(17)21/h5,9-13,16-17H,2-4,6-8H2,1H3/b9-5+/t16-,17-/m0/s1. The normalized spacial score (nSPS) is 19.7. The fraction of sp³-hybridized carbons (Fsp3) is 0.474. The van der Waals surface area contributed by atoms with Gasteiger partial charge in [0.1, 0.15) is 5.78 Å². The van der Waals surface area contributed by atoms with Crippen LogP contribution in [0.3, 0.4) is 0 Å². The Morgan fingerprint density at radius 2 is 2.09 bits per heavy atom. The third-order valence-electron chi connectivity index (χ3n) is 4.32. The van der Waals surface area contributed by atoms with Crippen molar-refractivity contribution in [1.82, 2.24) is 0 Å². The predicted molar refractivity (Wildman–Crippen MR) is 91.5 cm³/mol. The van der Waals surface area contributed by atoms with E-state index in [-0.39, 0.29) is 17.8 Å². The van der Waals surface area contributed by atoms with Crippen LogP contribution in [0.25, 0.3) is 0 Å². The number of benzene rings is 1. The molecule has 1 fully saturated rings. The van der Waals surface area contributed by atoms with Gasteiger partial charge in [-0.3, -0.25) is 4.79 Å². The summed E-state index contributed by atoms with van der Waals surface area (Å²) in [4.78, 5) is 23.8. The largest absolute Gasteiger partial charge is 0.463 e. The fourth-order valence-electron chi connectivity index (χ4n) is 3.18. The van der Waals surface area contributed by atoms with Crippen molar-refractivity contribution in [3.8, 4) is 0 Å². The van der Waals surface area contributed by atoms with E-state index in [1.54, 1.807) is 6.92 Å². The van der Waals surface area contributed by atoms with Gasteiger partial charge in [0.05, 0.1) is 6.61 Å². The fourth-order valence-corrected chi connectivity index (χ4v) is 3.31. The zero-order valence-electron chi connectivity index (χ0n) is 13.5. The van der Waals surface area contributed by atoms with Crippen LogP contribution in [-0.4, -0.2) is 18.4 Å². The summed E-state index contributed by atoms with van der Waals surface area (Å²) in [5.41, 5.74) is 1.10. The lowest BCUT2D eigenvalue weighted by Crippen LogP contribution is -2.25. The van der Waals surface area contributed by atoms with Crippen LogP contribution in [0.1, 0.15) is 50.5 Å². The van der Waals surface area contributed by atoms with Crippen LogP contribution in [0.4, 0.5) is 0 Å². The highest BCUT2D eigenvalue weighted by Crippen LogP contribution is 2.36. The summed E-state index contributed by atoms with van der Waals surface area (Å²) in [7, 11) is 0. The highest BCUT2D eigenvalue weighted by Gasteiger charge is 2.30. The monoisotopic (exact) mass is 334 g/mol. The predicted octanol–water partition coefficient (Wildman–Crippen LogP) is 4.69. The van der Waals surface area contributed by atoms with E-state index in [9.17, 15) is 9.59 Å². The van der Waals surface area contributed by atoms with Crippen LogP contribution < -0.4 is 0 Å². The van der Waals surface area contributed by atoms with Gasteiger partial charge in [0.2, 0.25) is 0 Å². The molecule has 0 heterocycles. The summed E-state index contributed by atoms with van der Waals surface area (Å²) in [5.74, 6) is 0.112. The Balaban J connectivity index is 2.15. The number of Topliss-reactive ketones (excluding diaryl/α,β-unsaturated/α-hetero) is 1. The molecule has 0 N–H and O–H groups in total. The minimum Gasteiger partial charge on any atom is -0.463 e. The van der Waals surface area contributed by atoms with Gasteiger partial charge in [-0.25, -0.2) is 4.79 Å². The SMILES string of the molecule is CCOC(=O)/C=C/C[C@@H](c1ccc(Cl)cc1)[C@@H]1CCCCC1=O. The topological polar surface area (TPSA) is 43.4 Å². The van der Waals surface area contributed by atoms with E-state index in [1.807, 2.05) is 30.3 Å². The Bertz CT molecular complexity index is 562. The lowest BCUT2D eigenvalue weighted by Gasteiger charge is -2.29. The van der Waals surface area contributed by atoms with Crippen molar-refractivity contribution in [1.29, 1.82) is 0 Å². The molecule has 0 spiro atoms. The third-order valence-corrected chi connectivity index (χ3v) is 4.57. The summed E-state index contributed by atoms with van der Waals surface area (Å²) >= 11 is 5.97. The van der Waals surface area contributed by atoms with E-state index in [1.165, 1.54) is 6.08 Å². The van der Waals surface area contributed by atoms with Crippen LogP contribution in [0.5, 0.6) is 0 Å². The van der Waals surface area contributed by atoms with Gasteiger partial charge in [0, 0.05) is 23.4 Å². The van der Waals surface area contributed by atoms with Gasteiger partial charge in [-0.1, -0.05) is 36.2 Å². The molecule has 1 aliphatic carbocycles. The average molecular weight is 335 g/mol. The number of esters is 1. The Labute approximate surface area is 142 Å². The molecular weight excluding hydrogens is 312 g/mol. The summed E-state index contributed by atoms with van der Waals surface area (Å²) in [6.45, 7) is 2.15. The maximum Gasteiger partial charge on any atom is 0.330 e. The number of rotatable bonds is 6. The molecule has 1 saturated carbocycles. The minimum atomic E-state index is -0.336. The second kappa shape index (κ2) is 8.88. The number of halogens is 1. The first-order valence-corrected chi connectivity index (χ1v) is 8.61. The quantitative estimate of drug-likeness (QED) is 0.559. The molecule has 0 aromatic heterocycles. The number of allylic oxidation sites excluding steroid dienone is 1. The number of hydrogen-bond donors (Lipinski definition) is 0. The zero-order chi connectivity index (χ0) is 16.7. The van der Waals surface area contributed by atoms with Gasteiger partial charge in [-0.2, -0.15) is 0 Å². The third kappa shape index (κ3) is 5.21. The van der Waals surface area contributed by atoms with E-state index >= 15 is 0 Å². The highest BCUT2D eigenvalue weighted by molar-refractivity contribution is 6.30. The molecule has 124 valence electrons. The highest BCUT2D eigenvalue weighted by atomic mass is 35.5. The summed E-state index contributed by atoms with van der Waals surface area (Å²) in [6.07, 6.45) is 7.58. The maximum absolute atomic E-state index is 12.3. The molecule has 0 bridgehead atoms. The second-order valence-corrected chi connectivity index (χ2v) is 6.30.